The standard InChI is InChI=1S/C23H30N2O3/c1-17-10-12-25(13-11-17)16-18-4-7-20(8-5-18)24-23(26)15-19-6-9-21(27-2)22(14-19)28-3/h4-9,14,17H,10-13,15-16H2,1-3H3,(H,24,26). The third-order valence-corrected chi connectivity index (χ3v) is 5.33. The summed E-state index contributed by atoms with van der Waals surface area (Å²) >= 11 is 0. The molecule has 28 heavy (non-hydrogen) atoms. The Morgan fingerprint density at radius 3 is 2.29 bits per heavy atom. The predicted octanol–water partition coefficient (Wildman–Crippen LogP) is 4.12. The number of hydrogen-bond acceptors (Lipinski definition) is 4. The molecule has 2 aromatic carbocycles. The van der Waals surface area contributed by atoms with Crippen molar-refractivity contribution >= 4 is 11.6 Å². The van der Waals surface area contributed by atoms with E-state index in [1.54, 1.807) is 14.2 Å². The van der Waals surface area contributed by atoms with Gasteiger partial charge in [-0.3, -0.25) is 9.69 Å². The number of carbonyl (C=O) groups excluding carboxylic acids is 1. The fraction of sp³-hybridized carbons (Fsp3) is 0.435. The Labute approximate surface area is 167 Å². The molecule has 0 spiro atoms. The second kappa shape index (κ2) is 9.60. The van der Waals surface area contributed by atoms with Gasteiger partial charge in [-0.15, -0.1) is 0 Å². The van der Waals surface area contributed by atoms with Gasteiger partial charge < -0.3 is 14.8 Å². The first-order valence-corrected chi connectivity index (χ1v) is 9.89. The van der Waals surface area contributed by atoms with Crippen molar-refractivity contribution in [2.45, 2.75) is 32.7 Å². The van der Waals surface area contributed by atoms with E-state index in [0.717, 1.165) is 23.7 Å². The van der Waals surface area contributed by atoms with Crippen molar-refractivity contribution in [1.82, 2.24) is 4.90 Å². The quantitative estimate of drug-likeness (QED) is 0.783. The van der Waals surface area contributed by atoms with Crippen molar-refractivity contribution in [3.63, 3.8) is 0 Å². The van der Waals surface area contributed by atoms with Crippen LogP contribution in [0.3, 0.4) is 0 Å². The molecule has 1 N–H and O–H groups in total. The number of nitrogens with zero attached hydrogens (tertiary/aromatic N) is 1. The van der Waals surface area contributed by atoms with Gasteiger partial charge in [0.2, 0.25) is 5.91 Å². The molecule has 5 nitrogen and oxygen atoms in total. The zero-order valence-corrected chi connectivity index (χ0v) is 17.0. The molecule has 0 saturated carbocycles. The fourth-order valence-electron chi connectivity index (χ4n) is 3.55. The van der Waals surface area contributed by atoms with E-state index in [2.05, 4.69) is 29.3 Å². The normalized spacial score (nSPS) is 15.2. The highest BCUT2D eigenvalue weighted by atomic mass is 16.5. The van der Waals surface area contributed by atoms with E-state index in [1.807, 2.05) is 30.3 Å². The van der Waals surface area contributed by atoms with Gasteiger partial charge in [0, 0.05) is 12.2 Å². The number of carbonyl (C=O) groups is 1. The number of nitrogens with one attached hydrogen (secondary N) is 1. The highest BCUT2D eigenvalue weighted by Gasteiger charge is 2.15. The van der Waals surface area contributed by atoms with E-state index in [0.29, 0.717) is 11.5 Å². The van der Waals surface area contributed by atoms with Crippen LogP contribution in [0.25, 0.3) is 0 Å². The molecule has 1 aliphatic heterocycles. The Morgan fingerprint density at radius 1 is 1.00 bits per heavy atom. The summed E-state index contributed by atoms with van der Waals surface area (Å²) in [6, 6.07) is 13.7. The maximum Gasteiger partial charge on any atom is 0.228 e. The molecule has 0 aliphatic carbocycles. The number of anilines is 1. The second-order valence-corrected chi connectivity index (χ2v) is 7.57. The number of likely N-dealkylation sites (tertiary alicyclic amines) is 1. The minimum absolute atomic E-state index is 0.0509. The lowest BCUT2D eigenvalue weighted by Gasteiger charge is -2.30. The molecule has 150 valence electrons. The van der Waals surface area contributed by atoms with Crippen LogP contribution in [0.2, 0.25) is 0 Å². The van der Waals surface area contributed by atoms with Gasteiger partial charge in [0.15, 0.2) is 11.5 Å². The molecule has 5 heteroatoms. The Kier molecular flexibility index (Phi) is 6.93. The Morgan fingerprint density at radius 2 is 1.64 bits per heavy atom. The van der Waals surface area contributed by atoms with E-state index in [1.165, 1.54) is 31.5 Å². The van der Waals surface area contributed by atoms with Crippen LogP contribution in [0, 0.1) is 5.92 Å². The molecular formula is C23H30N2O3. The van der Waals surface area contributed by atoms with Gasteiger partial charge in [0.05, 0.1) is 20.6 Å². The van der Waals surface area contributed by atoms with Crippen molar-refractivity contribution in [1.29, 1.82) is 0 Å². The molecular weight excluding hydrogens is 352 g/mol. The zero-order valence-electron chi connectivity index (χ0n) is 17.0. The number of hydrogen-bond donors (Lipinski definition) is 1. The maximum absolute atomic E-state index is 12.4. The first kappa shape index (κ1) is 20.2. The second-order valence-electron chi connectivity index (χ2n) is 7.57. The summed E-state index contributed by atoms with van der Waals surface area (Å²) in [5.41, 5.74) is 2.99. The van der Waals surface area contributed by atoms with Crippen LogP contribution in [-0.4, -0.2) is 38.1 Å². The fourth-order valence-corrected chi connectivity index (χ4v) is 3.55. The summed E-state index contributed by atoms with van der Waals surface area (Å²) in [6.07, 6.45) is 2.85. The summed E-state index contributed by atoms with van der Waals surface area (Å²) in [4.78, 5) is 14.9. The van der Waals surface area contributed by atoms with Gasteiger partial charge in [0.25, 0.3) is 0 Å². The van der Waals surface area contributed by atoms with Gasteiger partial charge in [-0.25, -0.2) is 0 Å². The van der Waals surface area contributed by atoms with Crippen LogP contribution >= 0.6 is 0 Å². The average molecular weight is 383 g/mol. The lowest BCUT2D eigenvalue weighted by atomic mass is 9.99. The summed E-state index contributed by atoms with van der Waals surface area (Å²) < 4.78 is 10.5. The van der Waals surface area contributed by atoms with E-state index >= 15 is 0 Å². The number of amides is 1. The monoisotopic (exact) mass is 382 g/mol. The SMILES string of the molecule is COc1ccc(CC(=O)Nc2ccc(CN3CCC(C)CC3)cc2)cc1OC. The minimum atomic E-state index is -0.0509. The van der Waals surface area contributed by atoms with Gasteiger partial charge in [-0.1, -0.05) is 25.1 Å². The molecule has 0 bridgehead atoms. The van der Waals surface area contributed by atoms with Crippen LogP contribution in [0.4, 0.5) is 5.69 Å². The summed E-state index contributed by atoms with van der Waals surface area (Å²) in [5, 5.41) is 2.97. The Hall–Kier alpha value is -2.53. The van der Waals surface area contributed by atoms with Gasteiger partial charge >= 0.3 is 0 Å². The van der Waals surface area contributed by atoms with Crippen molar-refractivity contribution in [3.8, 4) is 11.5 Å². The summed E-state index contributed by atoms with van der Waals surface area (Å²) in [6.45, 7) is 5.65. The lowest BCUT2D eigenvalue weighted by molar-refractivity contribution is -0.115. The van der Waals surface area contributed by atoms with E-state index < -0.39 is 0 Å². The minimum Gasteiger partial charge on any atom is -0.493 e. The number of piperidine rings is 1. The smallest absolute Gasteiger partial charge is 0.228 e. The maximum atomic E-state index is 12.4. The molecule has 0 aromatic heterocycles. The first-order chi connectivity index (χ1) is 13.6. The van der Waals surface area contributed by atoms with Crippen molar-refractivity contribution in [2.24, 2.45) is 5.92 Å². The van der Waals surface area contributed by atoms with Crippen molar-refractivity contribution < 1.29 is 14.3 Å². The molecule has 0 unspecified atom stereocenters. The third kappa shape index (κ3) is 5.49. The lowest BCUT2D eigenvalue weighted by Crippen LogP contribution is -2.32. The molecule has 1 aliphatic rings. The van der Waals surface area contributed by atoms with Crippen molar-refractivity contribution in [2.75, 3.05) is 32.6 Å². The number of rotatable bonds is 7. The Bertz CT molecular complexity index is 781. The highest BCUT2D eigenvalue weighted by Crippen LogP contribution is 2.27. The topological polar surface area (TPSA) is 50.8 Å². The summed E-state index contributed by atoms with van der Waals surface area (Å²) in [7, 11) is 3.19. The predicted molar refractivity (Wildman–Crippen MR) is 112 cm³/mol. The molecule has 1 saturated heterocycles. The molecule has 2 aromatic rings. The van der Waals surface area contributed by atoms with Crippen LogP contribution < -0.4 is 14.8 Å². The van der Waals surface area contributed by atoms with E-state index in [9.17, 15) is 4.79 Å². The van der Waals surface area contributed by atoms with Crippen LogP contribution in [0.5, 0.6) is 11.5 Å². The van der Waals surface area contributed by atoms with Gasteiger partial charge in [0.1, 0.15) is 0 Å². The van der Waals surface area contributed by atoms with Gasteiger partial charge in [-0.2, -0.15) is 0 Å². The Balaban J connectivity index is 1.53. The highest BCUT2D eigenvalue weighted by molar-refractivity contribution is 5.92. The molecule has 1 heterocycles. The summed E-state index contributed by atoms with van der Waals surface area (Å²) in [5.74, 6) is 2.08. The molecule has 0 radical (unpaired) electrons. The van der Waals surface area contributed by atoms with Crippen molar-refractivity contribution in [3.05, 3.63) is 53.6 Å². The van der Waals surface area contributed by atoms with Crippen LogP contribution in [0.15, 0.2) is 42.5 Å². The first-order valence-electron chi connectivity index (χ1n) is 9.89. The number of methoxy groups -OCH3 is 2. The van der Waals surface area contributed by atoms with Crippen LogP contribution in [0.1, 0.15) is 30.9 Å². The number of benzene rings is 2. The third-order valence-electron chi connectivity index (χ3n) is 5.33. The van der Waals surface area contributed by atoms with E-state index in [4.69, 9.17) is 9.47 Å². The molecule has 1 fully saturated rings. The average Bonchev–Trinajstić information content (AvgIpc) is 2.71. The largest absolute Gasteiger partial charge is 0.493 e. The van der Waals surface area contributed by atoms with Crippen LogP contribution in [-0.2, 0) is 17.8 Å². The number of ether oxygens (including phenoxy) is 2. The molecule has 3 rings (SSSR count). The van der Waals surface area contributed by atoms with Gasteiger partial charge in [-0.05, 0) is 67.2 Å². The van der Waals surface area contributed by atoms with E-state index in [-0.39, 0.29) is 12.3 Å². The molecule has 0 atom stereocenters. The molecule has 1 amide bonds. The zero-order chi connectivity index (χ0) is 19.9.